The fourth-order valence-corrected chi connectivity index (χ4v) is 2.42. The van der Waals surface area contributed by atoms with Crippen molar-refractivity contribution < 1.29 is 9.90 Å². The maximum absolute atomic E-state index is 11.0. The van der Waals surface area contributed by atoms with Gasteiger partial charge in [0.15, 0.2) is 0 Å². The summed E-state index contributed by atoms with van der Waals surface area (Å²) in [6.45, 7) is 3.98. The van der Waals surface area contributed by atoms with Crippen LogP contribution in [-0.2, 0) is 4.79 Å². The Bertz CT molecular complexity index is 460. The highest BCUT2D eigenvalue weighted by Gasteiger charge is 2.60. The van der Waals surface area contributed by atoms with Crippen LogP contribution in [0.3, 0.4) is 0 Å². The van der Waals surface area contributed by atoms with Crippen molar-refractivity contribution in [2.24, 2.45) is 17.3 Å². The fraction of sp³-hybridized carbons (Fsp3) is 0.357. The zero-order valence-electron chi connectivity index (χ0n) is 9.85. The standard InChI is InChI=1S/C14H15ClO2/c1-14(2)11(12(14)13(16)17)8-5-9-3-6-10(15)7-4-9/h3-8,11-12H,1-2H3,(H,16,17)/b8-5+/t11-,12+/m1/s1. The number of carboxylic acids is 1. The summed E-state index contributed by atoms with van der Waals surface area (Å²) >= 11 is 5.79. The van der Waals surface area contributed by atoms with Crippen molar-refractivity contribution in [2.75, 3.05) is 0 Å². The molecule has 90 valence electrons. The van der Waals surface area contributed by atoms with E-state index in [1.807, 2.05) is 50.3 Å². The summed E-state index contributed by atoms with van der Waals surface area (Å²) in [7, 11) is 0. The average molecular weight is 251 g/mol. The van der Waals surface area contributed by atoms with Crippen molar-refractivity contribution >= 4 is 23.6 Å². The van der Waals surface area contributed by atoms with E-state index >= 15 is 0 Å². The molecule has 2 rings (SSSR count). The highest BCUT2D eigenvalue weighted by molar-refractivity contribution is 6.30. The summed E-state index contributed by atoms with van der Waals surface area (Å²) < 4.78 is 0. The fourth-order valence-electron chi connectivity index (χ4n) is 2.30. The number of hydrogen-bond acceptors (Lipinski definition) is 1. The van der Waals surface area contributed by atoms with Gasteiger partial charge in [0, 0.05) is 5.02 Å². The van der Waals surface area contributed by atoms with E-state index in [4.69, 9.17) is 16.7 Å². The predicted molar refractivity (Wildman–Crippen MR) is 68.9 cm³/mol. The van der Waals surface area contributed by atoms with Gasteiger partial charge in [0.1, 0.15) is 0 Å². The Labute approximate surface area is 106 Å². The molecule has 0 bridgehead atoms. The van der Waals surface area contributed by atoms with Crippen LogP contribution in [0, 0.1) is 17.3 Å². The topological polar surface area (TPSA) is 37.3 Å². The summed E-state index contributed by atoms with van der Waals surface area (Å²) in [6.07, 6.45) is 3.95. The molecule has 17 heavy (non-hydrogen) atoms. The van der Waals surface area contributed by atoms with Crippen molar-refractivity contribution in [1.29, 1.82) is 0 Å². The molecule has 1 aliphatic carbocycles. The Morgan fingerprint density at radius 3 is 2.41 bits per heavy atom. The van der Waals surface area contributed by atoms with E-state index in [2.05, 4.69) is 0 Å². The van der Waals surface area contributed by atoms with Crippen LogP contribution < -0.4 is 0 Å². The van der Waals surface area contributed by atoms with Gasteiger partial charge in [0.25, 0.3) is 0 Å². The lowest BCUT2D eigenvalue weighted by atomic mass is 10.1. The lowest BCUT2D eigenvalue weighted by molar-refractivity contribution is -0.139. The predicted octanol–water partition coefficient (Wildman–Crippen LogP) is 3.71. The molecule has 1 saturated carbocycles. The van der Waals surface area contributed by atoms with E-state index in [1.165, 1.54) is 0 Å². The molecule has 0 spiro atoms. The molecule has 0 aromatic heterocycles. The number of carbonyl (C=O) groups is 1. The first-order valence-corrected chi connectivity index (χ1v) is 5.97. The summed E-state index contributed by atoms with van der Waals surface area (Å²) in [4.78, 5) is 11.0. The molecule has 0 heterocycles. The molecule has 1 aromatic carbocycles. The van der Waals surface area contributed by atoms with Crippen LogP contribution >= 0.6 is 11.6 Å². The maximum atomic E-state index is 11.0. The van der Waals surface area contributed by atoms with Gasteiger partial charge in [-0.2, -0.15) is 0 Å². The molecular formula is C14H15ClO2. The van der Waals surface area contributed by atoms with E-state index in [-0.39, 0.29) is 17.3 Å². The number of carboxylic acid groups (broad SMARTS) is 1. The Kier molecular flexibility index (Phi) is 3.00. The monoisotopic (exact) mass is 250 g/mol. The number of hydrogen-bond donors (Lipinski definition) is 1. The van der Waals surface area contributed by atoms with E-state index in [1.54, 1.807) is 0 Å². The smallest absolute Gasteiger partial charge is 0.307 e. The third-order valence-electron chi connectivity index (χ3n) is 3.54. The Hall–Kier alpha value is -1.28. The second-order valence-corrected chi connectivity index (χ2v) is 5.51. The van der Waals surface area contributed by atoms with Crippen molar-refractivity contribution in [3.8, 4) is 0 Å². The minimum atomic E-state index is -0.708. The van der Waals surface area contributed by atoms with Gasteiger partial charge >= 0.3 is 5.97 Å². The normalized spacial score (nSPS) is 26.1. The SMILES string of the molecule is CC1(C)[C@H](/C=C/c2ccc(Cl)cc2)[C@H]1C(=O)O. The molecule has 1 aliphatic rings. The Balaban J connectivity index is 2.08. The zero-order valence-corrected chi connectivity index (χ0v) is 10.6. The van der Waals surface area contributed by atoms with Gasteiger partial charge in [0.05, 0.1) is 5.92 Å². The van der Waals surface area contributed by atoms with Gasteiger partial charge < -0.3 is 5.11 Å². The Morgan fingerprint density at radius 1 is 1.35 bits per heavy atom. The van der Waals surface area contributed by atoms with Crippen LogP contribution in [0.15, 0.2) is 30.3 Å². The van der Waals surface area contributed by atoms with Crippen molar-refractivity contribution in [3.63, 3.8) is 0 Å². The first-order chi connectivity index (χ1) is 7.93. The van der Waals surface area contributed by atoms with Gasteiger partial charge in [-0.05, 0) is 29.0 Å². The van der Waals surface area contributed by atoms with Gasteiger partial charge in [-0.25, -0.2) is 0 Å². The summed E-state index contributed by atoms with van der Waals surface area (Å²) in [5.41, 5.74) is 0.913. The molecule has 3 heteroatoms. The minimum absolute atomic E-state index is 0.121. The number of halogens is 1. The van der Waals surface area contributed by atoms with E-state index in [0.717, 1.165) is 5.56 Å². The summed E-state index contributed by atoms with van der Waals surface area (Å²) in [5.74, 6) is -0.845. The van der Waals surface area contributed by atoms with Gasteiger partial charge in [0.2, 0.25) is 0 Å². The third kappa shape index (κ3) is 2.37. The third-order valence-corrected chi connectivity index (χ3v) is 3.79. The van der Waals surface area contributed by atoms with Crippen LogP contribution in [0.25, 0.3) is 6.08 Å². The van der Waals surface area contributed by atoms with E-state index in [0.29, 0.717) is 5.02 Å². The quantitative estimate of drug-likeness (QED) is 0.888. The van der Waals surface area contributed by atoms with Crippen molar-refractivity contribution in [3.05, 3.63) is 40.9 Å². The lowest BCUT2D eigenvalue weighted by Crippen LogP contribution is -2.02. The minimum Gasteiger partial charge on any atom is -0.481 e. The molecule has 2 atom stereocenters. The molecule has 1 fully saturated rings. The maximum Gasteiger partial charge on any atom is 0.307 e. The van der Waals surface area contributed by atoms with Crippen LogP contribution in [0.2, 0.25) is 5.02 Å². The first-order valence-electron chi connectivity index (χ1n) is 5.59. The molecule has 1 N–H and O–H groups in total. The molecule has 0 saturated heterocycles. The first kappa shape index (κ1) is 12.2. The van der Waals surface area contributed by atoms with Crippen molar-refractivity contribution in [1.82, 2.24) is 0 Å². The second-order valence-electron chi connectivity index (χ2n) is 5.07. The molecule has 2 nitrogen and oxygen atoms in total. The van der Waals surface area contributed by atoms with Crippen LogP contribution in [0.4, 0.5) is 0 Å². The van der Waals surface area contributed by atoms with Crippen molar-refractivity contribution in [2.45, 2.75) is 13.8 Å². The zero-order chi connectivity index (χ0) is 12.6. The lowest BCUT2D eigenvalue weighted by Gasteiger charge is -1.97. The van der Waals surface area contributed by atoms with Gasteiger partial charge in [-0.3, -0.25) is 4.79 Å². The van der Waals surface area contributed by atoms with E-state index < -0.39 is 5.97 Å². The highest BCUT2D eigenvalue weighted by Crippen LogP contribution is 2.59. The average Bonchev–Trinajstić information content (AvgIpc) is 2.80. The molecule has 0 aliphatic heterocycles. The molecule has 0 amide bonds. The summed E-state index contributed by atoms with van der Waals surface area (Å²) in [5, 5.41) is 9.75. The summed E-state index contributed by atoms with van der Waals surface area (Å²) in [6, 6.07) is 7.50. The van der Waals surface area contributed by atoms with Gasteiger partial charge in [-0.15, -0.1) is 0 Å². The number of rotatable bonds is 3. The van der Waals surface area contributed by atoms with Crippen LogP contribution in [0.1, 0.15) is 19.4 Å². The number of allylic oxidation sites excluding steroid dienone is 1. The highest BCUT2D eigenvalue weighted by atomic mass is 35.5. The largest absolute Gasteiger partial charge is 0.481 e. The molecule has 1 aromatic rings. The Morgan fingerprint density at radius 2 is 1.94 bits per heavy atom. The number of aliphatic carboxylic acids is 1. The van der Waals surface area contributed by atoms with Crippen LogP contribution in [0.5, 0.6) is 0 Å². The second kappa shape index (κ2) is 4.19. The van der Waals surface area contributed by atoms with Crippen LogP contribution in [-0.4, -0.2) is 11.1 Å². The van der Waals surface area contributed by atoms with Gasteiger partial charge in [-0.1, -0.05) is 49.7 Å². The van der Waals surface area contributed by atoms with E-state index in [9.17, 15) is 4.79 Å². The molecule has 0 radical (unpaired) electrons. The molecule has 0 unspecified atom stereocenters. The number of benzene rings is 1. The molecular weight excluding hydrogens is 236 g/mol.